The van der Waals surface area contributed by atoms with Crippen LogP contribution in [0.5, 0.6) is 0 Å². The largest absolute Gasteiger partial charge is 0.125 e. The summed E-state index contributed by atoms with van der Waals surface area (Å²) in [4.78, 5) is 0. The van der Waals surface area contributed by atoms with E-state index in [1.165, 1.54) is 0 Å². The third-order valence-corrected chi connectivity index (χ3v) is 1.83. The first-order chi connectivity index (χ1) is 6.27. The summed E-state index contributed by atoms with van der Waals surface area (Å²) in [6.45, 7) is 7.44. The predicted octanol–water partition coefficient (Wildman–Crippen LogP) is 3.25. The van der Waals surface area contributed by atoms with Crippen molar-refractivity contribution >= 4 is 5.57 Å². The average molecular weight is 168 g/mol. The van der Waals surface area contributed by atoms with Gasteiger partial charge in [-0.05, 0) is 37.1 Å². The van der Waals surface area contributed by atoms with Crippen molar-refractivity contribution in [2.75, 3.05) is 0 Å². The molecule has 0 spiro atoms. The minimum absolute atomic E-state index is 1.04. The zero-order valence-electron chi connectivity index (χ0n) is 8.02. The van der Waals surface area contributed by atoms with Crippen LogP contribution in [0.15, 0.2) is 36.6 Å². The van der Waals surface area contributed by atoms with E-state index in [2.05, 4.69) is 24.2 Å². The molecule has 13 heavy (non-hydrogen) atoms. The van der Waals surface area contributed by atoms with E-state index < -0.39 is 0 Å². The molecule has 0 saturated carbocycles. The van der Waals surface area contributed by atoms with Gasteiger partial charge in [0.05, 0.1) is 0 Å². The highest BCUT2D eigenvalue weighted by molar-refractivity contribution is 5.64. The van der Waals surface area contributed by atoms with E-state index in [1.807, 2.05) is 38.1 Å². The molecule has 0 nitrogen and oxygen atoms in total. The van der Waals surface area contributed by atoms with Crippen molar-refractivity contribution in [3.8, 4) is 11.8 Å². The summed E-state index contributed by atoms with van der Waals surface area (Å²) in [6.07, 6.45) is 0. The van der Waals surface area contributed by atoms with E-state index in [-0.39, 0.29) is 0 Å². The predicted molar refractivity (Wildman–Crippen MR) is 57.2 cm³/mol. The van der Waals surface area contributed by atoms with Gasteiger partial charge in [0, 0.05) is 5.56 Å². The Hall–Kier alpha value is -1.70. The van der Waals surface area contributed by atoms with E-state index in [0.717, 1.165) is 16.7 Å². The van der Waals surface area contributed by atoms with Crippen molar-refractivity contribution in [1.29, 1.82) is 0 Å². The molecule has 0 saturated heterocycles. The second-order valence-electron chi connectivity index (χ2n) is 2.76. The molecule has 0 aromatic heterocycles. The van der Waals surface area contributed by atoms with Crippen LogP contribution in [0, 0.1) is 11.8 Å². The van der Waals surface area contributed by atoms with Crippen LogP contribution in [0.1, 0.15) is 25.0 Å². The summed E-state index contributed by atoms with van der Waals surface area (Å²) in [7, 11) is 0. The fourth-order valence-corrected chi connectivity index (χ4v) is 1.08. The molecule has 0 N–H and O–H groups in total. The topological polar surface area (TPSA) is 0 Å². The number of hydrogen-bond donors (Lipinski definition) is 0. The van der Waals surface area contributed by atoms with Crippen LogP contribution in [0.2, 0.25) is 0 Å². The lowest BCUT2D eigenvalue weighted by Crippen LogP contribution is -1.80. The average Bonchev–Trinajstić information content (AvgIpc) is 2.18. The molecule has 1 aromatic rings. The number of allylic oxidation sites excluding steroid dienone is 1. The molecule has 0 aliphatic rings. The summed E-state index contributed by atoms with van der Waals surface area (Å²) >= 11 is 0. The first kappa shape index (κ1) is 9.39. The van der Waals surface area contributed by atoms with Crippen molar-refractivity contribution in [2.45, 2.75) is 13.8 Å². The maximum Gasteiger partial charge on any atom is 0.0251 e. The van der Waals surface area contributed by atoms with Gasteiger partial charge in [0.1, 0.15) is 0 Å². The number of rotatable bonds is 1. The van der Waals surface area contributed by atoms with Crippen LogP contribution in [0.3, 0.4) is 0 Å². The molecule has 0 fully saturated rings. The van der Waals surface area contributed by atoms with Crippen molar-refractivity contribution in [1.82, 2.24) is 0 Å². The van der Waals surface area contributed by atoms with Gasteiger partial charge in [-0.15, -0.1) is 11.7 Å². The number of benzene rings is 1. The molecule has 1 rings (SSSR count). The van der Waals surface area contributed by atoms with Gasteiger partial charge >= 0.3 is 0 Å². The van der Waals surface area contributed by atoms with Crippen LogP contribution < -0.4 is 0 Å². The monoisotopic (exact) mass is 168 g/mol. The van der Waals surface area contributed by atoms with E-state index in [0.29, 0.717) is 0 Å². The molecular weight excluding hydrogens is 156 g/mol. The van der Waals surface area contributed by atoms with Gasteiger partial charge in [-0.3, -0.25) is 0 Å². The van der Waals surface area contributed by atoms with Crippen molar-refractivity contribution in [3.05, 3.63) is 47.7 Å². The minimum Gasteiger partial charge on any atom is -0.125 e. The van der Waals surface area contributed by atoms with Crippen molar-refractivity contribution < 1.29 is 0 Å². The molecule has 0 aliphatic carbocycles. The molecule has 0 bridgehead atoms. The normalized spacial score (nSPS) is 8.15. The molecule has 0 radical (unpaired) electrons. The molecular formula is C13H12. The van der Waals surface area contributed by atoms with Crippen molar-refractivity contribution in [2.24, 2.45) is 0 Å². The Balaban J connectivity index is 3.17. The summed E-state index contributed by atoms with van der Waals surface area (Å²) in [5.41, 5.74) is 6.10. The van der Waals surface area contributed by atoms with E-state index in [4.69, 9.17) is 0 Å². The maximum atomic E-state index is 3.61. The summed E-state index contributed by atoms with van der Waals surface area (Å²) < 4.78 is 0. The standard InChI is InChI=1S/C13H12/c1-4-7-12-8-6-9-13(10-12)11(3)5-2/h6,8-10H,2H2,1,3H3. The lowest BCUT2D eigenvalue weighted by atomic mass is 10.1. The highest BCUT2D eigenvalue weighted by atomic mass is 14.0. The Kier molecular flexibility index (Phi) is 3.15. The van der Waals surface area contributed by atoms with Gasteiger partial charge in [0.2, 0.25) is 0 Å². The van der Waals surface area contributed by atoms with Crippen LogP contribution in [-0.2, 0) is 0 Å². The van der Waals surface area contributed by atoms with E-state index in [9.17, 15) is 0 Å². The van der Waals surface area contributed by atoms with Gasteiger partial charge in [-0.2, -0.15) is 0 Å². The molecule has 64 valence electrons. The third-order valence-electron chi connectivity index (χ3n) is 1.83. The first-order valence-corrected chi connectivity index (χ1v) is 4.17. The minimum atomic E-state index is 1.04. The lowest BCUT2D eigenvalue weighted by Gasteiger charge is -1.98. The molecule has 0 unspecified atom stereocenters. The zero-order valence-corrected chi connectivity index (χ0v) is 8.02. The summed E-state index contributed by atoms with van der Waals surface area (Å²) in [6, 6.07) is 8.07. The molecule has 0 amide bonds. The van der Waals surface area contributed by atoms with Gasteiger partial charge in [-0.1, -0.05) is 24.6 Å². The Bertz CT molecular complexity index is 407. The van der Waals surface area contributed by atoms with Crippen molar-refractivity contribution in [3.63, 3.8) is 0 Å². The SMILES string of the molecule is C=C=C(C)c1cccc(C#CC)c1. The Morgan fingerprint density at radius 3 is 2.77 bits per heavy atom. The Morgan fingerprint density at radius 2 is 2.15 bits per heavy atom. The molecule has 0 heteroatoms. The van der Waals surface area contributed by atoms with Gasteiger partial charge in [0.15, 0.2) is 0 Å². The van der Waals surface area contributed by atoms with Crippen LogP contribution in [0.4, 0.5) is 0 Å². The summed E-state index contributed by atoms with van der Waals surface area (Å²) in [5.74, 6) is 5.89. The molecule has 0 aliphatic heterocycles. The smallest absolute Gasteiger partial charge is 0.0251 e. The van der Waals surface area contributed by atoms with Crippen LogP contribution in [0.25, 0.3) is 5.57 Å². The van der Waals surface area contributed by atoms with Crippen LogP contribution >= 0.6 is 0 Å². The zero-order chi connectivity index (χ0) is 9.68. The first-order valence-electron chi connectivity index (χ1n) is 4.17. The van der Waals surface area contributed by atoms with E-state index >= 15 is 0 Å². The Morgan fingerprint density at radius 1 is 1.38 bits per heavy atom. The highest BCUT2D eigenvalue weighted by Crippen LogP contribution is 2.13. The quantitative estimate of drug-likeness (QED) is 0.446. The second kappa shape index (κ2) is 4.36. The fourth-order valence-electron chi connectivity index (χ4n) is 1.08. The highest BCUT2D eigenvalue weighted by Gasteiger charge is 1.94. The summed E-state index contributed by atoms with van der Waals surface area (Å²) in [5, 5.41) is 0. The van der Waals surface area contributed by atoms with Gasteiger partial charge in [-0.25, -0.2) is 0 Å². The fraction of sp³-hybridized carbons (Fsp3) is 0.154. The maximum absolute atomic E-state index is 3.61. The third kappa shape index (κ3) is 2.37. The number of hydrogen-bond acceptors (Lipinski definition) is 0. The van der Waals surface area contributed by atoms with Crippen LogP contribution in [-0.4, -0.2) is 0 Å². The second-order valence-corrected chi connectivity index (χ2v) is 2.76. The van der Waals surface area contributed by atoms with Gasteiger partial charge < -0.3 is 0 Å². The van der Waals surface area contributed by atoms with E-state index in [1.54, 1.807) is 0 Å². The van der Waals surface area contributed by atoms with Gasteiger partial charge in [0.25, 0.3) is 0 Å². The lowest BCUT2D eigenvalue weighted by molar-refractivity contribution is 1.55. The Labute approximate surface area is 79.6 Å². The molecule has 1 aromatic carbocycles. The molecule has 0 atom stereocenters. The molecule has 0 heterocycles.